The van der Waals surface area contributed by atoms with E-state index in [4.69, 9.17) is 4.43 Å². The van der Waals surface area contributed by atoms with Crippen LogP contribution in [-0.2, 0) is 34.4 Å². The van der Waals surface area contributed by atoms with Gasteiger partial charge in [0.05, 0.1) is 29.1 Å². The fraction of sp³-hybridized carbons (Fsp3) is 0.429. The first-order valence-corrected chi connectivity index (χ1v) is 16.1. The number of fused-ring (bicyclic) bond motifs is 3. The fourth-order valence-electron chi connectivity index (χ4n) is 4.13. The van der Waals surface area contributed by atoms with Gasteiger partial charge in [0.1, 0.15) is 0 Å². The summed E-state index contributed by atoms with van der Waals surface area (Å²) >= 11 is 0. The van der Waals surface area contributed by atoms with Crippen LogP contribution in [0.4, 0.5) is 43.7 Å². The molecule has 4 rings (SSSR count). The molecule has 0 bridgehead atoms. The Kier molecular flexibility index (Phi) is 8.44. The number of alkyl halides is 6. The van der Waals surface area contributed by atoms with E-state index in [2.05, 4.69) is 59.5 Å². The van der Waals surface area contributed by atoms with Crippen molar-refractivity contribution in [2.45, 2.75) is 70.5 Å². The second-order valence-corrected chi connectivity index (χ2v) is 16.4. The Labute approximate surface area is 240 Å². The quantitative estimate of drug-likeness (QED) is 0.161. The van der Waals surface area contributed by atoms with Crippen LogP contribution in [0.5, 0.6) is 0 Å². The lowest BCUT2D eigenvalue weighted by atomic mass is 10.0. The molecule has 0 radical (unpaired) electrons. The van der Waals surface area contributed by atoms with Gasteiger partial charge in [-0.05, 0) is 54.7 Å². The second-order valence-electron chi connectivity index (χ2n) is 11.6. The summed E-state index contributed by atoms with van der Waals surface area (Å²) < 4.78 is 87.5. The van der Waals surface area contributed by atoms with E-state index in [-0.39, 0.29) is 40.0 Å². The first kappa shape index (κ1) is 31.4. The van der Waals surface area contributed by atoms with Gasteiger partial charge in [0.2, 0.25) is 11.9 Å². The number of aryl methyl sites for hydroxylation is 1. The Morgan fingerprint density at radius 1 is 1.00 bits per heavy atom. The van der Waals surface area contributed by atoms with Gasteiger partial charge < -0.3 is 15.1 Å². The molecule has 14 heteroatoms. The van der Waals surface area contributed by atoms with Crippen molar-refractivity contribution in [2.24, 2.45) is 0 Å². The minimum absolute atomic E-state index is 0.0262. The lowest BCUT2D eigenvalue weighted by Gasteiger charge is -2.36. The standard InChI is InChI=1S/C28H31F6N5O2Si/c1-26(2,3)42(4,5)41-10-6-7-16-11-21(24(35-14-16)28(32,33)34)38-25-36-15-17-12-22(40)37-20-13-18(27(29,30)31)8-9-19(20)23(17)39-25/h8-9,11,13-15H,6-7,10,12H2,1-5H3,(H,37,40)(H,36,38,39). The molecule has 7 nitrogen and oxygen atoms in total. The van der Waals surface area contributed by atoms with E-state index >= 15 is 0 Å². The van der Waals surface area contributed by atoms with Crippen LogP contribution in [-0.4, -0.2) is 35.8 Å². The number of rotatable bonds is 7. The molecule has 1 aliphatic rings. The lowest BCUT2D eigenvalue weighted by molar-refractivity contribution is -0.140. The molecule has 1 amide bonds. The van der Waals surface area contributed by atoms with E-state index in [9.17, 15) is 31.1 Å². The fourth-order valence-corrected chi connectivity index (χ4v) is 5.22. The van der Waals surface area contributed by atoms with Crippen molar-refractivity contribution in [3.63, 3.8) is 0 Å². The molecule has 3 heterocycles. The third-order valence-electron chi connectivity index (χ3n) is 7.43. The first-order chi connectivity index (χ1) is 19.3. The number of nitrogens with zero attached hydrogens (tertiary/aromatic N) is 3. The zero-order valence-electron chi connectivity index (χ0n) is 23.7. The van der Waals surface area contributed by atoms with E-state index in [1.165, 1.54) is 18.5 Å². The highest BCUT2D eigenvalue weighted by molar-refractivity contribution is 6.74. The first-order valence-electron chi connectivity index (χ1n) is 13.2. The topological polar surface area (TPSA) is 89.0 Å². The van der Waals surface area contributed by atoms with Crippen LogP contribution < -0.4 is 10.6 Å². The summed E-state index contributed by atoms with van der Waals surface area (Å²) in [7, 11) is -1.97. The highest BCUT2D eigenvalue weighted by Crippen LogP contribution is 2.40. The Bertz CT molecular complexity index is 1490. The SMILES string of the molecule is CC(C)(C)[Si](C)(C)OCCCc1cnc(C(F)(F)F)c(Nc2ncc3c(n2)-c2ccc(C(F)(F)F)cc2NC(=O)C3)c1. The van der Waals surface area contributed by atoms with E-state index in [1.807, 2.05) is 0 Å². The smallest absolute Gasteiger partial charge is 0.417 e. The summed E-state index contributed by atoms with van der Waals surface area (Å²) in [6.45, 7) is 11.1. The zero-order chi connectivity index (χ0) is 31.1. The zero-order valence-corrected chi connectivity index (χ0v) is 24.7. The van der Waals surface area contributed by atoms with Crippen molar-refractivity contribution >= 4 is 31.5 Å². The van der Waals surface area contributed by atoms with Crippen LogP contribution in [0.15, 0.2) is 36.7 Å². The highest BCUT2D eigenvalue weighted by Gasteiger charge is 2.38. The number of hydrogen-bond acceptors (Lipinski definition) is 6. The maximum atomic E-state index is 13.8. The number of benzene rings is 1. The molecule has 0 saturated carbocycles. The molecule has 0 aliphatic carbocycles. The van der Waals surface area contributed by atoms with Gasteiger partial charge in [-0.2, -0.15) is 26.3 Å². The Hall–Kier alpha value is -3.52. The monoisotopic (exact) mass is 611 g/mol. The molecule has 0 fully saturated rings. The predicted molar refractivity (Wildman–Crippen MR) is 149 cm³/mol. The molecule has 0 saturated heterocycles. The van der Waals surface area contributed by atoms with Gasteiger partial charge in [-0.1, -0.05) is 26.8 Å². The molecule has 42 heavy (non-hydrogen) atoms. The predicted octanol–water partition coefficient (Wildman–Crippen LogP) is 7.77. The molecule has 3 aromatic rings. The average Bonchev–Trinajstić information content (AvgIpc) is 2.99. The lowest BCUT2D eigenvalue weighted by Crippen LogP contribution is -2.41. The normalized spacial score (nSPS) is 14.1. The highest BCUT2D eigenvalue weighted by atomic mass is 28.4. The number of carbonyl (C=O) groups excluding carboxylic acids is 1. The van der Waals surface area contributed by atoms with Crippen LogP contribution in [0.2, 0.25) is 18.1 Å². The number of halogens is 6. The molecule has 2 N–H and O–H groups in total. The number of anilines is 3. The van der Waals surface area contributed by atoms with Crippen molar-refractivity contribution in [1.29, 1.82) is 0 Å². The van der Waals surface area contributed by atoms with Crippen LogP contribution >= 0.6 is 0 Å². The maximum absolute atomic E-state index is 13.8. The van der Waals surface area contributed by atoms with E-state index < -0.39 is 37.8 Å². The molecule has 1 aromatic carbocycles. The number of aromatic nitrogens is 3. The summed E-state index contributed by atoms with van der Waals surface area (Å²) in [6.07, 6.45) is -6.23. The van der Waals surface area contributed by atoms with Gasteiger partial charge in [-0.3, -0.25) is 4.79 Å². The van der Waals surface area contributed by atoms with Crippen LogP contribution in [0.3, 0.4) is 0 Å². The van der Waals surface area contributed by atoms with Gasteiger partial charge in [0.25, 0.3) is 0 Å². The average molecular weight is 612 g/mol. The van der Waals surface area contributed by atoms with Gasteiger partial charge in [0.15, 0.2) is 14.0 Å². The molecule has 226 valence electrons. The van der Waals surface area contributed by atoms with Crippen molar-refractivity contribution in [2.75, 3.05) is 17.2 Å². The maximum Gasteiger partial charge on any atom is 0.435 e. The molecule has 0 atom stereocenters. The molecule has 1 aliphatic heterocycles. The molecular formula is C28H31F6N5O2Si. The largest absolute Gasteiger partial charge is 0.435 e. The minimum atomic E-state index is -4.78. The van der Waals surface area contributed by atoms with Gasteiger partial charge in [-0.15, -0.1) is 0 Å². The Morgan fingerprint density at radius 2 is 1.71 bits per heavy atom. The number of amides is 1. The number of pyridine rings is 1. The van der Waals surface area contributed by atoms with Gasteiger partial charge in [-0.25, -0.2) is 15.0 Å². The summed E-state index contributed by atoms with van der Waals surface area (Å²) in [4.78, 5) is 24.4. The van der Waals surface area contributed by atoms with Crippen molar-refractivity contribution in [3.05, 3.63) is 59.0 Å². The summed E-state index contributed by atoms with van der Waals surface area (Å²) in [5, 5.41) is 5.05. The molecular weight excluding hydrogens is 580 g/mol. The van der Waals surface area contributed by atoms with Crippen molar-refractivity contribution in [3.8, 4) is 11.3 Å². The van der Waals surface area contributed by atoms with E-state index in [0.717, 1.165) is 18.2 Å². The Morgan fingerprint density at radius 3 is 2.36 bits per heavy atom. The Balaban J connectivity index is 1.62. The molecule has 2 aromatic heterocycles. The summed E-state index contributed by atoms with van der Waals surface area (Å²) in [5.41, 5.74) is -1.48. The van der Waals surface area contributed by atoms with Crippen molar-refractivity contribution < 1.29 is 35.6 Å². The number of carbonyl (C=O) groups is 1. The van der Waals surface area contributed by atoms with E-state index in [1.54, 1.807) is 0 Å². The molecule has 0 spiro atoms. The minimum Gasteiger partial charge on any atom is -0.417 e. The summed E-state index contributed by atoms with van der Waals surface area (Å²) in [5.74, 6) is -0.813. The van der Waals surface area contributed by atoms with Crippen molar-refractivity contribution in [1.82, 2.24) is 15.0 Å². The molecule has 0 unspecified atom stereocenters. The van der Waals surface area contributed by atoms with Crippen LogP contribution in [0.1, 0.15) is 49.6 Å². The van der Waals surface area contributed by atoms with E-state index in [0.29, 0.717) is 30.6 Å². The number of nitrogens with one attached hydrogen (secondary N) is 2. The van der Waals surface area contributed by atoms with Crippen LogP contribution in [0, 0.1) is 0 Å². The summed E-state index contributed by atoms with van der Waals surface area (Å²) in [6, 6.07) is 4.13. The third kappa shape index (κ3) is 7.09. The number of hydrogen-bond donors (Lipinski definition) is 2. The van der Waals surface area contributed by atoms with Crippen LogP contribution in [0.25, 0.3) is 11.3 Å². The third-order valence-corrected chi connectivity index (χ3v) is 12.0. The van der Waals surface area contributed by atoms with Gasteiger partial charge >= 0.3 is 12.4 Å². The second kappa shape index (κ2) is 11.3. The van der Waals surface area contributed by atoms with Gasteiger partial charge in [0, 0.05) is 30.1 Å².